The van der Waals surface area contributed by atoms with E-state index in [0.717, 1.165) is 0 Å². The van der Waals surface area contributed by atoms with E-state index < -0.39 is 5.97 Å². The average molecular weight is 267 g/mol. The summed E-state index contributed by atoms with van der Waals surface area (Å²) in [4.78, 5) is 29.0. The van der Waals surface area contributed by atoms with Crippen molar-refractivity contribution in [2.24, 2.45) is 0 Å². The van der Waals surface area contributed by atoms with E-state index in [1.165, 1.54) is 13.3 Å². The number of aromatic amines is 2. The number of H-pyrrole nitrogens is 2. The number of benzene rings is 1. The first kappa shape index (κ1) is 12.0. The molecular weight excluding hydrogens is 258 g/mol. The van der Waals surface area contributed by atoms with Crippen LogP contribution < -0.4 is 5.56 Å². The van der Waals surface area contributed by atoms with Crippen molar-refractivity contribution in [3.05, 3.63) is 45.9 Å². The Kier molecular flexibility index (Phi) is 2.54. The summed E-state index contributed by atoms with van der Waals surface area (Å²) >= 11 is 0. The van der Waals surface area contributed by atoms with Gasteiger partial charge in [0.05, 0.1) is 29.1 Å². The number of ether oxygens (including phenoxy) is 1. The number of methoxy groups -OCH3 is 1. The van der Waals surface area contributed by atoms with Gasteiger partial charge < -0.3 is 14.7 Å². The molecule has 6 nitrogen and oxygen atoms in total. The predicted octanol–water partition coefficient (Wildman–Crippen LogP) is 1.67. The summed E-state index contributed by atoms with van der Waals surface area (Å²) in [7, 11) is 1.30. The van der Waals surface area contributed by atoms with Crippen molar-refractivity contribution in [1.29, 1.82) is 5.26 Å². The summed E-state index contributed by atoms with van der Waals surface area (Å²) < 4.78 is 4.65. The van der Waals surface area contributed by atoms with Crippen LogP contribution in [0.25, 0.3) is 21.8 Å². The van der Waals surface area contributed by atoms with E-state index in [2.05, 4.69) is 14.7 Å². The molecule has 0 aliphatic carbocycles. The number of pyridine rings is 1. The number of aromatic nitrogens is 2. The van der Waals surface area contributed by atoms with E-state index in [-0.39, 0.29) is 5.56 Å². The number of carbonyl (C=O) groups is 1. The maximum atomic E-state index is 11.9. The lowest BCUT2D eigenvalue weighted by molar-refractivity contribution is 0.0601. The molecule has 2 N–H and O–H groups in total. The summed E-state index contributed by atoms with van der Waals surface area (Å²) in [5.41, 5.74) is 1.51. The van der Waals surface area contributed by atoms with Crippen molar-refractivity contribution < 1.29 is 9.53 Å². The molecule has 0 spiro atoms. The first-order valence-corrected chi connectivity index (χ1v) is 5.81. The molecule has 0 saturated heterocycles. The number of nitrogens with one attached hydrogen (secondary N) is 2. The van der Waals surface area contributed by atoms with Gasteiger partial charge in [-0.3, -0.25) is 4.79 Å². The molecule has 20 heavy (non-hydrogen) atoms. The molecule has 6 heteroatoms. The summed E-state index contributed by atoms with van der Waals surface area (Å²) in [6, 6.07) is 6.86. The van der Waals surface area contributed by atoms with E-state index in [4.69, 9.17) is 5.26 Å². The number of esters is 1. The maximum Gasteiger partial charge on any atom is 0.337 e. The Hall–Kier alpha value is -3.07. The minimum atomic E-state index is -0.458. The zero-order valence-electron chi connectivity index (χ0n) is 10.5. The number of nitriles is 1. The summed E-state index contributed by atoms with van der Waals surface area (Å²) in [5, 5.41) is 10.1. The normalized spacial score (nSPS) is 10.6. The first-order valence-electron chi connectivity index (χ1n) is 5.81. The molecule has 0 atom stereocenters. The minimum absolute atomic E-state index is 0.281. The first-order chi connectivity index (χ1) is 9.65. The van der Waals surface area contributed by atoms with Gasteiger partial charge in [-0.1, -0.05) is 6.07 Å². The molecule has 3 aromatic rings. The highest BCUT2D eigenvalue weighted by molar-refractivity contribution is 6.09. The molecule has 3 rings (SSSR count). The molecule has 1 aromatic carbocycles. The third-order valence-corrected chi connectivity index (χ3v) is 3.18. The third kappa shape index (κ3) is 1.57. The second kappa shape index (κ2) is 4.24. The van der Waals surface area contributed by atoms with Gasteiger partial charge in [0.25, 0.3) is 5.56 Å². The van der Waals surface area contributed by atoms with Crippen LogP contribution in [0.3, 0.4) is 0 Å². The summed E-state index contributed by atoms with van der Waals surface area (Å²) in [6.07, 6.45) is 1.36. The minimum Gasteiger partial charge on any atom is -0.465 e. The van der Waals surface area contributed by atoms with E-state index >= 15 is 0 Å². The number of hydrogen-bond donors (Lipinski definition) is 2. The molecule has 0 saturated carbocycles. The van der Waals surface area contributed by atoms with Crippen molar-refractivity contribution in [1.82, 2.24) is 9.97 Å². The largest absolute Gasteiger partial charge is 0.465 e. The van der Waals surface area contributed by atoms with Gasteiger partial charge in [0, 0.05) is 17.1 Å². The van der Waals surface area contributed by atoms with Crippen molar-refractivity contribution in [2.75, 3.05) is 7.11 Å². The van der Waals surface area contributed by atoms with Crippen LogP contribution in [0.5, 0.6) is 0 Å². The van der Waals surface area contributed by atoms with E-state index in [9.17, 15) is 9.59 Å². The molecule has 0 aliphatic rings. The van der Waals surface area contributed by atoms with Gasteiger partial charge in [-0.25, -0.2) is 4.79 Å². The lowest BCUT2D eigenvalue weighted by atomic mass is 10.1. The number of nitrogens with zero attached hydrogens (tertiary/aromatic N) is 1. The van der Waals surface area contributed by atoms with Gasteiger partial charge >= 0.3 is 5.97 Å². The fourth-order valence-corrected chi connectivity index (χ4v) is 2.25. The van der Waals surface area contributed by atoms with Crippen LogP contribution in [0.2, 0.25) is 0 Å². The van der Waals surface area contributed by atoms with Gasteiger partial charge in [0.2, 0.25) is 0 Å². The molecule has 0 unspecified atom stereocenters. The van der Waals surface area contributed by atoms with Crippen LogP contribution in [-0.2, 0) is 4.74 Å². The molecule has 0 aliphatic heterocycles. The van der Waals surface area contributed by atoms with Gasteiger partial charge in [-0.2, -0.15) is 5.26 Å². The highest BCUT2D eigenvalue weighted by Gasteiger charge is 2.14. The molecule has 98 valence electrons. The lowest BCUT2D eigenvalue weighted by Crippen LogP contribution is -2.05. The topological polar surface area (TPSA) is 98.7 Å². The Morgan fingerprint density at radius 3 is 2.90 bits per heavy atom. The molecule has 0 amide bonds. The van der Waals surface area contributed by atoms with Crippen LogP contribution >= 0.6 is 0 Å². The number of rotatable bonds is 1. The van der Waals surface area contributed by atoms with Gasteiger partial charge in [0.1, 0.15) is 6.07 Å². The molecular formula is C14H9N3O3. The Bertz CT molecular complexity index is 944. The molecule has 2 heterocycles. The van der Waals surface area contributed by atoms with Crippen LogP contribution in [0, 0.1) is 11.3 Å². The van der Waals surface area contributed by atoms with Crippen LogP contribution in [0.1, 0.15) is 15.9 Å². The van der Waals surface area contributed by atoms with E-state index in [0.29, 0.717) is 32.9 Å². The SMILES string of the molecule is COC(=O)c1ccc2c(c1)[nH]c1c(C#N)c[nH]c(=O)c12. The van der Waals surface area contributed by atoms with Crippen LogP contribution in [0.15, 0.2) is 29.2 Å². The van der Waals surface area contributed by atoms with Crippen LogP contribution in [0.4, 0.5) is 0 Å². The molecule has 0 bridgehead atoms. The third-order valence-electron chi connectivity index (χ3n) is 3.18. The Morgan fingerprint density at radius 2 is 2.20 bits per heavy atom. The monoisotopic (exact) mass is 267 g/mol. The number of carbonyl (C=O) groups excluding carboxylic acids is 1. The lowest BCUT2D eigenvalue weighted by Gasteiger charge is -1.98. The average Bonchev–Trinajstić information content (AvgIpc) is 2.86. The molecule has 2 aromatic heterocycles. The fourth-order valence-electron chi connectivity index (χ4n) is 2.25. The van der Waals surface area contributed by atoms with Crippen molar-refractivity contribution >= 4 is 27.8 Å². The molecule has 0 fully saturated rings. The Labute approximate surface area is 112 Å². The summed E-state index contributed by atoms with van der Waals surface area (Å²) in [5.74, 6) is -0.458. The zero-order chi connectivity index (χ0) is 14.3. The van der Waals surface area contributed by atoms with Gasteiger partial charge in [0.15, 0.2) is 0 Å². The molecule has 0 radical (unpaired) electrons. The second-order valence-electron chi connectivity index (χ2n) is 4.27. The van der Waals surface area contributed by atoms with Gasteiger partial charge in [-0.15, -0.1) is 0 Å². The fraction of sp³-hybridized carbons (Fsp3) is 0.0714. The van der Waals surface area contributed by atoms with Crippen molar-refractivity contribution in [3.63, 3.8) is 0 Å². The van der Waals surface area contributed by atoms with E-state index in [1.807, 2.05) is 6.07 Å². The Balaban J connectivity index is 2.43. The second-order valence-corrected chi connectivity index (χ2v) is 4.27. The quantitative estimate of drug-likeness (QED) is 0.655. The summed E-state index contributed by atoms with van der Waals surface area (Å²) in [6.45, 7) is 0. The smallest absolute Gasteiger partial charge is 0.337 e. The maximum absolute atomic E-state index is 11.9. The van der Waals surface area contributed by atoms with Crippen LogP contribution in [-0.4, -0.2) is 23.0 Å². The van der Waals surface area contributed by atoms with Crippen molar-refractivity contribution in [3.8, 4) is 6.07 Å². The highest BCUT2D eigenvalue weighted by Crippen LogP contribution is 2.25. The van der Waals surface area contributed by atoms with Crippen molar-refractivity contribution in [2.45, 2.75) is 0 Å². The number of fused-ring (bicyclic) bond motifs is 3. The zero-order valence-corrected chi connectivity index (χ0v) is 10.5. The highest BCUT2D eigenvalue weighted by atomic mass is 16.5. The Morgan fingerprint density at radius 1 is 1.40 bits per heavy atom. The predicted molar refractivity (Wildman–Crippen MR) is 72.5 cm³/mol. The standard InChI is InChI=1S/C14H9N3O3/c1-20-14(19)7-2-3-9-10(4-7)17-12-8(5-15)6-16-13(18)11(9)12/h2-4,6,17H,1H3,(H,16,18). The van der Waals surface area contributed by atoms with E-state index in [1.54, 1.807) is 18.2 Å². The van der Waals surface area contributed by atoms with Gasteiger partial charge in [-0.05, 0) is 12.1 Å². The number of hydrogen-bond acceptors (Lipinski definition) is 4.